The number of rotatable bonds is 8. The lowest BCUT2D eigenvalue weighted by molar-refractivity contribution is -0.132. The molecule has 1 atom stereocenters. The average Bonchev–Trinajstić information content (AvgIpc) is 3.12. The Hall–Kier alpha value is -1.20. The van der Waals surface area contributed by atoms with Crippen LogP contribution in [-0.2, 0) is 21.2 Å². The molecule has 1 unspecified atom stereocenters. The fraction of sp³-hybridized carbons (Fsp3) is 0.632. The fourth-order valence-corrected chi connectivity index (χ4v) is 7.15. The molecule has 0 aliphatic heterocycles. The van der Waals surface area contributed by atoms with Crippen molar-refractivity contribution in [3.05, 3.63) is 35.9 Å². The molecule has 4 nitrogen and oxygen atoms in total. The van der Waals surface area contributed by atoms with Crippen molar-refractivity contribution >= 4 is 15.8 Å². The normalized spacial score (nSPS) is 28.8. The summed E-state index contributed by atoms with van der Waals surface area (Å²) in [6, 6.07) is 9.95. The molecule has 0 saturated heterocycles. The summed E-state index contributed by atoms with van der Waals surface area (Å²) in [4.78, 5) is 13.0. The van der Waals surface area contributed by atoms with Crippen molar-refractivity contribution in [2.75, 3.05) is 13.1 Å². The minimum absolute atomic E-state index is 0.154. The van der Waals surface area contributed by atoms with E-state index in [0.717, 1.165) is 18.4 Å². The van der Waals surface area contributed by atoms with Crippen LogP contribution < -0.4 is 0 Å². The van der Waals surface area contributed by atoms with Crippen molar-refractivity contribution in [3.63, 3.8) is 0 Å². The van der Waals surface area contributed by atoms with Gasteiger partial charge in [-0.15, -0.1) is 0 Å². The van der Waals surface area contributed by atoms with Gasteiger partial charge in [-0.05, 0) is 37.2 Å². The number of carbonyl (C=O) groups excluding carboxylic acids is 1. The zero-order valence-electron chi connectivity index (χ0n) is 14.6. The third-order valence-corrected chi connectivity index (χ3v) is 8.53. The van der Waals surface area contributed by atoms with Gasteiger partial charge in [0.25, 0.3) is 0 Å². The Morgan fingerprint density at radius 3 is 2.38 bits per heavy atom. The molecule has 3 aliphatic rings. The third-order valence-electron chi connectivity index (χ3n) is 5.93. The summed E-state index contributed by atoms with van der Waals surface area (Å²) in [5.74, 6) is 0.571. The van der Waals surface area contributed by atoms with Gasteiger partial charge in [0.15, 0.2) is 0 Å². The molecule has 2 bridgehead atoms. The lowest BCUT2D eigenvalue weighted by atomic mass is 9.66. The molecule has 0 spiro atoms. The smallest absolute Gasteiger partial charge is 0.217 e. The predicted octanol–water partition coefficient (Wildman–Crippen LogP) is 3.03. The molecule has 0 aromatic heterocycles. The summed E-state index contributed by atoms with van der Waals surface area (Å²) >= 11 is 0. The summed E-state index contributed by atoms with van der Waals surface area (Å²) < 4.78 is 27.5. The number of hydrogen-bond donors (Lipinski definition) is 0. The Bertz CT molecular complexity index is 689. The zero-order chi connectivity index (χ0) is 17.4. The van der Waals surface area contributed by atoms with Gasteiger partial charge in [-0.25, -0.2) is 12.7 Å². The number of sulfonamides is 1. The molecule has 5 heteroatoms. The third kappa shape index (κ3) is 2.82. The maximum Gasteiger partial charge on any atom is 0.217 e. The van der Waals surface area contributed by atoms with Crippen molar-refractivity contribution < 1.29 is 13.2 Å². The monoisotopic (exact) mass is 349 g/mol. The molecule has 1 aromatic rings. The van der Waals surface area contributed by atoms with Crippen LogP contribution in [0.25, 0.3) is 0 Å². The Labute approximate surface area is 145 Å². The standard InChI is InChI=1S/C19H27NO3S/c1-3-20(4-2)24(22,23)18-12-16-13-19(18,14-16)17(21)11-10-15-8-6-5-7-9-15/h5-9,16,18H,3-4,10-14H2,1-2H3. The quantitative estimate of drug-likeness (QED) is 0.725. The molecule has 0 amide bonds. The highest BCUT2D eigenvalue weighted by Crippen LogP contribution is 2.62. The second-order valence-electron chi connectivity index (χ2n) is 7.19. The van der Waals surface area contributed by atoms with Crippen LogP contribution in [0.4, 0.5) is 0 Å². The highest BCUT2D eigenvalue weighted by Gasteiger charge is 2.65. The van der Waals surface area contributed by atoms with E-state index in [1.807, 2.05) is 44.2 Å². The van der Waals surface area contributed by atoms with Crippen molar-refractivity contribution in [1.29, 1.82) is 0 Å². The molecule has 0 radical (unpaired) electrons. The molecule has 0 N–H and O–H groups in total. The molecule has 132 valence electrons. The molecule has 3 fully saturated rings. The average molecular weight is 349 g/mol. The van der Waals surface area contributed by atoms with Crippen molar-refractivity contribution in [2.45, 2.75) is 51.2 Å². The van der Waals surface area contributed by atoms with Gasteiger partial charge in [-0.2, -0.15) is 0 Å². The first-order valence-corrected chi connectivity index (χ1v) is 10.5. The first-order chi connectivity index (χ1) is 11.4. The number of carbonyl (C=O) groups is 1. The maximum atomic E-state index is 13.0. The van der Waals surface area contributed by atoms with Crippen LogP contribution in [0.15, 0.2) is 30.3 Å². The lowest BCUT2D eigenvalue weighted by Crippen LogP contribution is -2.49. The summed E-state index contributed by atoms with van der Waals surface area (Å²) in [6.45, 7) is 4.69. The van der Waals surface area contributed by atoms with Gasteiger partial charge < -0.3 is 0 Å². The first kappa shape index (κ1) is 17.6. The number of benzene rings is 1. The number of Topliss-reactive ketones (excluding diaryl/α,β-unsaturated/α-hetero) is 1. The number of fused-ring (bicyclic) bond motifs is 1. The van der Waals surface area contributed by atoms with E-state index >= 15 is 0 Å². The van der Waals surface area contributed by atoms with E-state index in [-0.39, 0.29) is 5.78 Å². The van der Waals surface area contributed by atoms with E-state index in [1.54, 1.807) is 0 Å². The van der Waals surface area contributed by atoms with Gasteiger partial charge >= 0.3 is 0 Å². The van der Waals surface area contributed by atoms with Crippen molar-refractivity contribution in [2.24, 2.45) is 11.3 Å². The fourth-order valence-electron chi connectivity index (χ4n) is 4.66. The van der Waals surface area contributed by atoms with Crippen molar-refractivity contribution in [3.8, 4) is 0 Å². The second kappa shape index (κ2) is 6.60. The van der Waals surface area contributed by atoms with E-state index in [2.05, 4.69) is 0 Å². The van der Waals surface area contributed by atoms with Crippen LogP contribution >= 0.6 is 0 Å². The minimum Gasteiger partial charge on any atom is -0.299 e. The topological polar surface area (TPSA) is 54.5 Å². The van der Waals surface area contributed by atoms with Gasteiger partial charge in [0, 0.05) is 24.9 Å². The summed E-state index contributed by atoms with van der Waals surface area (Å²) in [5.41, 5.74) is 0.528. The van der Waals surface area contributed by atoms with Gasteiger partial charge in [0.2, 0.25) is 10.0 Å². The van der Waals surface area contributed by atoms with Crippen LogP contribution in [0.1, 0.15) is 45.1 Å². The van der Waals surface area contributed by atoms with Gasteiger partial charge in [0.1, 0.15) is 5.78 Å². The van der Waals surface area contributed by atoms with Gasteiger partial charge in [-0.1, -0.05) is 44.2 Å². The van der Waals surface area contributed by atoms with Crippen LogP contribution in [-0.4, -0.2) is 36.8 Å². The number of nitrogens with zero attached hydrogens (tertiary/aromatic N) is 1. The number of ketones is 1. The van der Waals surface area contributed by atoms with Crippen LogP contribution in [0.3, 0.4) is 0 Å². The highest BCUT2D eigenvalue weighted by molar-refractivity contribution is 7.89. The Morgan fingerprint density at radius 2 is 1.79 bits per heavy atom. The number of aryl methyl sites for hydroxylation is 1. The Morgan fingerprint density at radius 1 is 1.17 bits per heavy atom. The molecular formula is C19H27NO3S. The lowest BCUT2D eigenvalue weighted by Gasteiger charge is -2.40. The summed E-state index contributed by atoms with van der Waals surface area (Å²) in [7, 11) is -3.38. The maximum absolute atomic E-state index is 13.0. The minimum atomic E-state index is -3.38. The molecule has 0 heterocycles. The zero-order valence-corrected chi connectivity index (χ0v) is 15.4. The van der Waals surface area contributed by atoms with Crippen molar-refractivity contribution in [1.82, 2.24) is 4.31 Å². The van der Waals surface area contributed by atoms with E-state index in [1.165, 1.54) is 4.31 Å². The molecular weight excluding hydrogens is 322 g/mol. The highest BCUT2D eigenvalue weighted by atomic mass is 32.2. The van der Waals surface area contributed by atoms with E-state index < -0.39 is 20.7 Å². The number of hydrogen-bond acceptors (Lipinski definition) is 3. The first-order valence-electron chi connectivity index (χ1n) is 9.00. The summed E-state index contributed by atoms with van der Waals surface area (Å²) in [5, 5.41) is -0.502. The Kier molecular flexibility index (Phi) is 4.85. The Balaban J connectivity index is 1.75. The van der Waals surface area contributed by atoms with Crippen LogP contribution in [0, 0.1) is 11.3 Å². The van der Waals surface area contributed by atoms with Crippen LogP contribution in [0.5, 0.6) is 0 Å². The van der Waals surface area contributed by atoms with Gasteiger partial charge in [-0.3, -0.25) is 4.79 Å². The second-order valence-corrected chi connectivity index (χ2v) is 9.31. The van der Waals surface area contributed by atoms with E-state index in [0.29, 0.717) is 38.3 Å². The van der Waals surface area contributed by atoms with Gasteiger partial charge in [0.05, 0.1) is 5.25 Å². The SMILES string of the molecule is CCN(CC)S(=O)(=O)C1CC2CC1(C(=O)CCc1ccccc1)C2. The largest absolute Gasteiger partial charge is 0.299 e. The summed E-state index contributed by atoms with van der Waals surface area (Å²) in [6.07, 6.45) is 3.35. The molecule has 24 heavy (non-hydrogen) atoms. The predicted molar refractivity (Wildman–Crippen MR) is 95.2 cm³/mol. The molecule has 3 aliphatic carbocycles. The van der Waals surface area contributed by atoms with Crippen LogP contribution in [0.2, 0.25) is 0 Å². The molecule has 4 rings (SSSR count). The van der Waals surface area contributed by atoms with E-state index in [4.69, 9.17) is 0 Å². The molecule has 1 aromatic carbocycles. The molecule has 3 saturated carbocycles. The van der Waals surface area contributed by atoms with E-state index in [9.17, 15) is 13.2 Å².